The number of aliphatic imine (C=N–C) groups is 1. The second kappa shape index (κ2) is 12.9. The Labute approximate surface area is 180 Å². The van der Waals surface area contributed by atoms with Crippen molar-refractivity contribution in [2.45, 2.75) is 64.5 Å². The quantitative estimate of drug-likeness (QED) is 0.449. The van der Waals surface area contributed by atoms with Gasteiger partial charge >= 0.3 is 0 Å². The van der Waals surface area contributed by atoms with E-state index in [1.54, 1.807) is 0 Å². The van der Waals surface area contributed by atoms with Crippen molar-refractivity contribution in [2.75, 3.05) is 39.6 Å². The van der Waals surface area contributed by atoms with Gasteiger partial charge in [0.25, 0.3) is 0 Å². The number of hydrogen-bond acceptors (Lipinski definition) is 5. The third kappa shape index (κ3) is 8.22. The Bertz CT molecular complexity index is 643. The van der Waals surface area contributed by atoms with Crippen LogP contribution in [0, 0.1) is 0 Å². The van der Waals surface area contributed by atoms with Gasteiger partial charge in [-0.3, -0.25) is 0 Å². The molecule has 2 N–H and O–H groups in total. The number of guanidine groups is 1. The van der Waals surface area contributed by atoms with E-state index in [0.717, 1.165) is 51.6 Å². The Balaban J connectivity index is 1.46. The highest BCUT2D eigenvalue weighted by molar-refractivity contribution is 5.80. The molecule has 0 radical (unpaired) electrons. The molecule has 168 valence electrons. The fraction of sp³-hybridized carbons (Fsp3) is 0.696. The van der Waals surface area contributed by atoms with Crippen molar-refractivity contribution in [2.24, 2.45) is 4.99 Å². The predicted molar refractivity (Wildman–Crippen MR) is 118 cm³/mol. The van der Waals surface area contributed by atoms with Crippen molar-refractivity contribution >= 4 is 5.96 Å². The van der Waals surface area contributed by atoms with Crippen molar-refractivity contribution in [3.63, 3.8) is 0 Å². The van der Waals surface area contributed by atoms with E-state index in [0.29, 0.717) is 32.5 Å². The molecule has 2 atom stereocenters. The first-order valence-corrected chi connectivity index (χ1v) is 11.2. The van der Waals surface area contributed by atoms with Gasteiger partial charge in [0.15, 0.2) is 5.96 Å². The number of nitrogens with one attached hydrogen (secondary N) is 2. The molecule has 1 aromatic carbocycles. The minimum absolute atomic E-state index is 0.169. The lowest BCUT2D eigenvalue weighted by Crippen LogP contribution is -2.44. The minimum atomic E-state index is 0.169. The first-order valence-electron chi connectivity index (χ1n) is 11.2. The van der Waals surface area contributed by atoms with E-state index in [9.17, 15) is 0 Å². The molecular weight excluding hydrogens is 382 g/mol. The third-order valence-corrected chi connectivity index (χ3v) is 5.26. The highest BCUT2D eigenvalue weighted by atomic mass is 16.5. The van der Waals surface area contributed by atoms with Crippen LogP contribution in [0.15, 0.2) is 29.3 Å². The fourth-order valence-electron chi connectivity index (χ4n) is 3.56. The number of benzene rings is 1. The van der Waals surface area contributed by atoms with E-state index >= 15 is 0 Å². The fourth-order valence-corrected chi connectivity index (χ4v) is 3.56. The van der Waals surface area contributed by atoms with Crippen LogP contribution >= 0.6 is 0 Å². The second-order valence-corrected chi connectivity index (χ2v) is 8.00. The van der Waals surface area contributed by atoms with Gasteiger partial charge in [-0.25, -0.2) is 4.99 Å². The molecule has 2 unspecified atom stereocenters. The average molecular weight is 420 g/mol. The molecule has 30 heavy (non-hydrogen) atoms. The monoisotopic (exact) mass is 419 g/mol. The second-order valence-electron chi connectivity index (χ2n) is 8.00. The molecule has 7 heteroatoms. The van der Waals surface area contributed by atoms with E-state index in [1.165, 1.54) is 11.1 Å². The highest BCUT2D eigenvalue weighted by Gasteiger charge is 2.17. The summed E-state index contributed by atoms with van der Waals surface area (Å²) in [5, 5.41) is 6.75. The molecule has 0 bridgehead atoms. The molecule has 0 saturated carbocycles. The Kier molecular flexibility index (Phi) is 9.89. The first-order chi connectivity index (χ1) is 14.7. The Hall–Kier alpha value is -1.67. The van der Waals surface area contributed by atoms with Crippen LogP contribution in [0.2, 0.25) is 0 Å². The largest absolute Gasteiger partial charge is 0.381 e. The van der Waals surface area contributed by atoms with Gasteiger partial charge in [0.1, 0.15) is 0 Å². The van der Waals surface area contributed by atoms with E-state index in [2.05, 4.69) is 48.7 Å². The Morgan fingerprint density at radius 2 is 1.87 bits per heavy atom. The lowest BCUT2D eigenvalue weighted by Gasteiger charge is -2.22. The maximum atomic E-state index is 6.05. The van der Waals surface area contributed by atoms with Crippen LogP contribution in [0.5, 0.6) is 0 Å². The summed E-state index contributed by atoms with van der Waals surface area (Å²) < 4.78 is 22.7. The smallest absolute Gasteiger partial charge is 0.191 e. The van der Waals surface area contributed by atoms with Gasteiger partial charge < -0.3 is 29.6 Å². The zero-order valence-electron chi connectivity index (χ0n) is 18.4. The number of hydrogen-bond donors (Lipinski definition) is 2. The van der Waals surface area contributed by atoms with Crippen molar-refractivity contribution in [3.05, 3.63) is 35.4 Å². The molecule has 2 aliphatic rings. The summed E-state index contributed by atoms with van der Waals surface area (Å²) in [6, 6.07) is 8.65. The molecule has 3 rings (SSSR count). The number of ether oxygens (including phenoxy) is 4. The molecular formula is C23H37N3O4. The SMILES string of the molecule is CCNC(=NCc1cccc(COC2CCOCC2)c1)NC(C)COC1CCOC1. The lowest BCUT2D eigenvalue weighted by atomic mass is 10.1. The van der Waals surface area contributed by atoms with Crippen LogP contribution in [0.1, 0.15) is 44.2 Å². The Morgan fingerprint density at radius 1 is 1.10 bits per heavy atom. The van der Waals surface area contributed by atoms with Crippen molar-refractivity contribution < 1.29 is 18.9 Å². The first kappa shape index (κ1) is 23.0. The van der Waals surface area contributed by atoms with Gasteiger partial charge in [-0.1, -0.05) is 24.3 Å². The Morgan fingerprint density at radius 3 is 2.63 bits per heavy atom. The van der Waals surface area contributed by atoms with Gasteiger partial charge in [-0.05, 0) is 44.2 Å². The van der Waals surface area contributed by atoms with Crippen molar-refractivity contribution in [1.82, 2.24) is 10.6 Å². The summed E-state index contributed by atoms with van der Waals surface area (Å²) in [6.45, 7) is 10.00. The van der Waals surface area contributed by atoms with Crippen LogP contribution in [0.4, 0.5) is 0 Å². The standard InChI is InChI=1S/C23H37N3O4/c1-3-24-23(26-18(2)15-29-22-9-12-28-17-22)25-14-19-5-4-6-20(13-19)16-30-21-7-10-27-11-8-21/h4-6,13,18,21-22H,3,7-12,14-17H2,1-2H3,(H2,24,25,26). The van der Waals surface area contributed by atoms with Crippen molar-refractivity contribution in [1.29, 1.82) is 0 Å². The summed E-state index contributed by atoms with van der Waals surface area (Å²) in [7, 11) is 0. The molecule has 2 heterocycles. The molecule has 0 aromatic heterocycles. The molecule has 0 aliphatic carbocycles. The summed E-state index contributed by atoms with van der Waals surface area (Å²) >= 11 is 0. The van der Waals surface area contributed by atoms with E-state index in [4.69, 9.17) is 23.9 Å². The van der Waals surface area contributed by atoms with Crippen LogP contribution < -0.4 is 10.6 Å². The summed E-state index contributed by atoms with van der Waals surface area (Å²) in [5.41, 5.74) is 2.36. The van der Waals surface area contributed by atoms with Gasteiger partial charge in [0.05, 0.1) is 38.6 Å². The molecule has 7 nitrogen and oxygen atoms in total. The molecule has 1 aromatic rings. The molecule has 0 spiro atoms. The average Bonchev–Trinajstić information content (AvgIpc) is 3.30. The molecule has 2 aliphatic heterocycles. The van der Waals surface area contributed by atoms with Gasteiger partial charge in [-0.15, -0.1) is 0 Å². The number of nitrogens with zero attached hydrogens (tertiary/aromatic N) is 1. The van der Waals surface area contributed by atoms with Gasteiger partial charge in [-0.2, -0.15) is 0 Å². The summed E-state index contributed by atoms with van der Waals surface area (Å²) in [6.07, 6.45) is 3.48. The van der Waals surface area contributed by atoms with Crippen LogP contribution in [0.3, 0.4) is 0 Å². The summed E-state index contributed by atoms with van der Waals surface area (Å²) in [5.74, 6) is 0.806. The summed E-state index contributed by atoms with van der Waals surface area (Å²) in [4.78, 5) is 4.75. The predicted octanol–water partition coefficient (Wildman–Crippen LogP) is 2.63. The van der Waals surface area contributed by atoms with E-state index in [1.807, 2.05) is 0 Å². The zero-order valence-corrected chi connectivity index (χ0v) is 18.4. The maximum absolute atomic E-state index is 6.05. The minimum Gasteiger partial charge on any atom is -0.381 e. The van der Waals surface area contributed by atoms with E-state index < -0.39 is 0 Å². The van der Waals surface area contributed by atoms with Crippen molar-refractivity contribution in [3.8, 4) is 0 Å². The zero-order chi connectivity index (χ0) is 21.0. The highest BCUT2D eigenvalue weighted by Crippen LogP contribution is 2.15. The molecule has 2 fully saturated rings. The van der Waals surface area contributed by atoms with E-state index in [-0.39, 0.29) is 12.1 Å². The normalized spacial score (nSPS) is 21.5. The third-order valence-electron chi connectivity index (χ3n) is 5.26. The topological polar surface area (TPSA) is 73.3 Å². The van der Waals surface area contributed by atoms with Crippen LogP contribution in [-0.4, -0.2) is 63.8 Å². The van der Waals surface area contributed by atoms with Crippen LogP contribution in [-0.2, 0) is 32.1 Å². The lowest BCUT2D eigenvalue weighted by molar-refractivity contribution is -0.0390. The van der Waals surface area contributed by atoms with Gasteiger partial charge in [0.2, 0.25) is 0 Å². The van der Waals surface area contributed by atoms with Gasteiger partial charge in [0, 0.05) is 32.4 Å². The number of rotatable bonds is 10. The molecule has 0 amide bonds. The van der Waals surface area contributed by atoms with Crippen LogP contribution in [0.25, 0.3) is 0 Å². The maximum Gasteiger partial charge on any atom is 0.191 e. The molecule has 2 saturated heterocycles.